The molecule has 0 saturated carbocycles. The Bertz CT molecular complexity index is 274. The molecule has 14 heavy (non-hydrogen) atoms. The molecule has 0 fully saturated rings. The van der Waals surface area contributed by atoms with E-state index >= 15 is 0 Å². The third-order valence-electron chi connectivity index (χ3n) is 2.71. The quantitative estimate of drug-likeness (QED) is 0.616. The number of rotatable bonds is 3. The van der Waals surface area contributed by atoms with Gasteiger partial charge in [-0.3, -0.25) is 0 Å². The SMILES string of the molecule is CC(C)=CCCC1=CCC(C#N)CC1. The number of nitriles is 1. The molecule has 1 aliphatic carbocycles. The molecule has 1 heteroatoms. The van der Waals surface area contributed by atoms with Gasteiger partial charge in [-0.25, -0.2) is 0 Å². The average molecular weight is 189 g/mol. The van der Waals surface area contributed by atoms with E-state index in [2.05, 4.69) is 32.1 Å². The molecule has 1 unspecified atom stereocenters. The van der Waals surface area contributed by atoms with Gasteiger partial charge in [-0.05, 0) is 46.0 Å². The molecule has 0 spiro atoms. The van der Waals surface area contributed by atoms with Crippen LogP contribution in [0.15, 0.2) is 23.3 Å². The average Bonchev–Trinajstić information content (AvgIpc) is 2.18. The molecule has 0 amide bonds. The van der Waals surface area contributed by atoms with Gasteiger partial charge in [0.1, 0.15) is 0 Å². The third kappa shape index (κ3) is 3.79. The molecule has 0 aliphatic heterocycles. The zero-order valence-corrected chi connectivity index (χ0v) is 9.21. The first-order valence-electron chi connectivity index (χ1n) is 5.43. The summed E-state index contributed by atoms with van der Waals surface area (Å²) in [6.07, 6.45) is 10.1. The Hall–Kier alpha value is -1.03. The maximum Gasteiger partial charge on any atom is 0.0659 e. The molecule has 0 N–H and O–H groups in total. The van der Waals surface area contributed by atoms with Crippen molar-refractivity contribution in [2.75, 3.05) is 0 Å². The number of allylic oxidation sites excluding steroid dienone is 4. The lowest BCUT2D eigenvalue weighted by molar-refractivity contribution is 0.567. The van der Waals surface area contributed by atoms with Crippen LogP contribution in [-0.2, 0) is 0 Å². The zero-order valence-electron chi connectivity index (χ0n) is 9.21. The summed E-state index contributed by atoms with van der Waals surface area (Å²) in [7, 11) is 0. The monoisotopic (exact) mass is 189 g/mol. The fourth-order valence-electron chi connectivity index (χ4n) is 1.78. The van der Waals surface area contributed by atoms with Crippen LogP contribution in [0.4, 0.5) is 0 Å². The molecule has 0 bridgehead atoms. The van der Waals surface area contributed by atoms with E-state index in [9.17, 15) is 0 Å². The van der Waals surface area contributed by atoms with Crippen molar-refractivity contribution in [3.05, 3.63) is 23.3 Å². The molecule has 1 rings (SSSR count). The second-order valence-corrected chi connectivity index (χ2v) is 4.28. The van der Waals surface area contributed by atoms with Crippen molar-refractivity contribution < 1.29 is 0 Å². The normalized spacial score (nSPS) is 20.9. The fourth-order valence-corrected chi connectivity index (χ4v) is 1.78. The van der Waals surface area contributed by atoms with E-state index in [1.165, 1.54) is 12.0 Å². The molecule has 1 atom stereocenters. The summed E-state index contributed by atoms with van der Waals surface area (Å²) in [5.41, 5.74) is 2.95. The Labute approximate surface area is 87.1 Å². The minimum absolute atomic E-state index is 0.280. The first-order chi connectivity index (χ1) is 6.72. The van der Waals surface area contributed by atoms with Gasteiger partial charge < -0.3 is 0 Å². The van der Waals surface area contributed by atoms with Crippen LogP contribution in [-0.4, -0.2) is 0 Å². The molecular formula is C13H19N. The van der Waals surface area contributed by atoms with Crippen molar-refractivity contribution in [1.29, 1.82) is 5.26 Å². The maximum atomic E-state index is 8.74. The molecule has 0 saturated heterocycles. The van der Waals surface area contributed by atoms with Gasteiger partial charge in [-0.15, -0.1) is 0 Å². The van der Waals surface area contributed by atoms with Crippen molar-refractivity contribution in [3.63, 3.8) is 0 Å². The van der Waals surface area contributed by atoms with Gasteiger partial charge in [0.05, 0.1) is 12.0 Å². The van der Waals surface area contributed by atoms with Gasteiger partial charge in [0.15, 0.2) is 0 Å². The van der Waals surface area contributed by atoms with E-state index in [1.807, 2.05) is 0 Å². The lowest BCUT2D eigenvalue weighted by atomic mass is 9.89. The molecule has 76 valence electrons. The predicted octanol–water partition coefficient (Wildman–Crippen LogP) is 3.98. The molecule has 0 heterocycles. The van der Waals surface area contributed by atoms with Crippen LogP contribution >= 0.6 is 0 Å². The lowest BCUT2D eigenvalue weighted by Crippen LogP contribution is -2.02. The van der Waals surface area contributed by atoms with Crippen LogP contribution < -0.4 is 0 Å². The number of nitrogens with zero attached hydrogens (tertiary/aromatic N) is 1. The number of hydrogen-bond acceptors (Lipinski definition) is 1. The fraction of sp³-hybridized carbons (Fsp3) is 0.615. The van der Waals surface area contributed by atoms with E-state index in [4.69, 9.17) is 5.26 Å². The number of hydrogen-bond donors (Lipinski definition) is 0. The Morgan fingerprint density at radius 1 is 1.64 bits per heavy atom. The third-order valence-corrected chi connectivity index (χ3v) is 2.71. The molecule has 1 nitrogen and oxygen atoms in total. The van der Waals surface area contributed by atoms with E-state index in [-0.39, 0.29) is 5.92 Å². The Morgan fingerprint density at radius 2 is 2.43 bits per heavy atom. The van der Waals surface area contributed by atoms with Gasteiger partial charge in [-0.1, -0.05) is 23.3 Å². The summed E-state index contributed by atoms with van der Waals surface area (Å²) in [5, 5.41) is 8.74. The standard InChI is InChI=1S/C13H19N/c1-11(2)4-3-5-12-6-8-13(10-14)9-7-12/h4,6,13H,3,5,7-9H2,1-2H3. The van der Waals surface area contributed by atoms with Crippen molar-refractivity contribution >= 4 is 0 Å². The highest BCUT2D eigenvalue weighted by Crippen LogP contribution is 2.25. The molecule has 0 radical (unpaired) electrons. The van der Waals surface area contributed by atoms with Crippen molar-refractivity contribution in [1.82, 2.24) is 0 Å². The Morgan fingerprint density at radius 3 is 2.93 bits per heavy atom. The largest absolute Gasteiger partial charge is 0.198 e. The minimum atomic E-state index is 0.280. The first kappa shape index (κ1) is 11.0. The molecule has 0 aromatic carbocycles. The van der Waals surface area contributed by atoms with Gasteiger partial charge >= 0.3 is 0 Å². The summed E-state index contributed by atoms with van der Waals surface area (Å²) in [6, 6.07) is 2.34. The van der Waals surface area contributed by atoms with E-state index < -0.39 is 0 Å². The Kier molecular flexibility index (Phi) is 4.46. The summed E-state index contributed by atoms with van der Waals surface area (Å²) < 4.78 is 0. The van der Waals surface area contributed by atoms with Crippen molar-refractivity contribution in [3.8, 4) is 6.07 Å². The van der Waals surface area contributed by atoms with Crippen LogP contribution in [0.5, 0.6) is 0 Å². The molecule has 1 aliphatic rings. The zero-order chi connectivity index (χ0) is 10.4. The minimum Gasteiger partial charge on any atom is -0.198 e. The van der Waals surface area contributed by atoms with Crippen molar-refractivity contribution in [2.24, 2.45) is 5.92 Å². The topological polar surface area (TPSA) is 23.8 Å². The highest BCUT2D eigenvalue weighted by atomic mass is 14.3. The second-order valence-electron chi connectivity index (χ2n) is 4.28. The van der Waals surface area contributed by atoms with E-state index in [0.717, 1.165) is 25.7 Å². The Balaban J connectivity index is 2.31. The summed E-state index contributed by atoms with van der Waals surface area (Å²) in [4.78, 5) is 0. The highest BCUT2D eigenvalue weighted by Gasteiger charge is 2.12. The lowest BCUT2D eigenvalue weighted by Gasteiger charge is -2.15. The molecule has 0 aromatic rings. The first-order valence-corrected chi connectivity index (χ1v) is 5.43. The van der Waals surface area contributed by atoms with Crippen LogP contribution in [0.3, 0.4) is 0 Å². The summed E-state index contributed by atoms with van der Waals surface area (Å²) in [5.74, 6) is 0.280. The summed E-state index contributed by atoms with van der Waals surface area (Å²) in [6.45, 7) is 4.28. The van der Waals surface area contributed by atoms with E-state index in [1.54, 1.807) is 5.57 Å². The molecule has 0 aromatic heterocycles. The van der Waals surface area contributed by atoms with Crippen molar-refractivity contribution in [2.45, 2.75) is 46.0 Å². The van der Waals surface area contributed by atoms with Gasteiger partial charge in [0, 0.05) is 0 Å². The second kappa shape index (κ2) is 5.65. The smallest absolute Gasteiger partial charge is 0.0659 e. The molecular weight excluding hydrogens is 170 g/mol. The van der Waals surface area contributed by atoms with Gasteiger partial charge in [-0.2, -0.15) is 5.26 Å². The van der Waals surface area contributed by atoms with Crippen LogP contribution in [0.25, 0.3) is 0 Å². The van der Waals surface area contributed by atoms with Gasteiger partial charge in [0.25, 0.3) is 0 Å². The van der Waals surface area contributed by atoms with Crippen LogP contribution in [0.1, 0.15) is 46.0 Å². The predicted molar refractivity (Wildman–Crippen MR) is 59.7 cm³/mol. The highest BCUT2D eigenvalue weighted by molar-refractivity contribution is 5.10. The van der Waals surface area contributed by atoms with E-state index in [0.29, 0.717) is 0 Å². The van der Waals surface area contributed by atoms with Gasteiger partial charge in [0.2, 0.25) is 0 Å². The van der Waals surface area contributed by atoms with Crippen LogP contribution in [0.2, 0.25) is 0 Å². The summed E-state index contributed by atoms with van der Waals surface area (Å²) >= 11 is 0. The van der Waals surface area contributed by atoms with Crippen LogP contribution in [0, 0.1) is 17.2 Å². The maximum absolute atomic E-state index is 8.74.